The molecule has 36 heavy (non-hydrogen) atoms. The summed E-state index contributed by atoms with van der Waals surface area (Å²) in [6, 6.07) is 31.3. The van der Waals surface area contributed by atoms with E-state index >= 15 is 0 Å². The molecular formula is C30H21Cl2NO3. The Kier molecular flexibility index (Phi) is 6.90. The molecule has 0 bridgehead atoms. The van der Waals surface area contributed by atoms with Crippen molar-refractivity contribution in [3.05, 3.63) is 130 Å². The number of carbonyl (C=O) groups is 1. The first-order chi connectivity index (χ1) is 17.5. The summed E-state index contributed by atoms with van der Waals surface area (Å²) >= 11 is 12.2. The maximum atomic E-state index is 13.7. The highest BCUT2D eigenvalue weighted by atomic mass is 35.5. The molecule has 4 nitrogen and oxygen atoms in total. The third kappa shape index (κ3) is 5.06. The SMILES string of the molecule is COc1ccc(-c2cc(C(=O)OC(c3ccc(Cl)cc3)c3ccc(Cl)cc3)c3ccccc3n2)cc1. The van der Waals surface area contributed by atoms with Crippen molar-refractivity contribution in [2.75, 3.05) is 7.11 Å². The Bertz CT molecular complexity index is 1470. The molecule has 5 rings (SSSR count). The summed E-state index contributed by atoms with van der Waals surface area (Å²) in [5.41, 5.74) is 4.25. The number of ether oxygens (including phenoxy) is 2. The zero-order chi connectivity index (χ0) is 25.1. The van der Waals surface area contributed by atoms with Gasteiger partial charge in [-0.3, -0.25) is 0 Å². The maximum absolute atomic E-state index is 13.7. The Balaban J connectivity index is 1.57. The summed E-state index contributed by atoms with van der Waals surface area (Å²) in [6.07, 6.45) is -0.650. The smallest absolute Gasteiger partial charge is 0.339 e. The number of fused-ring (bicyclic) bond motifs is 1. The number of benzene rings is 4. The van der Waals surface area contributed by atoms with Crippen LogP contribution in [-0.2, 0) is 4.74 Å². The fourth-order valence-electron chi connectivity index (χ4n) is 4.03. The normalized spacial score (nSPS) is 11.0. The van der Waals surface area contributed by atoms with Gasteiger partial charge in [0.15, 0.2) is 6.10 Å². The molecule has 0 aliphatic carbocycles. The average molecular weight is 514 g/mol. The Morgan fingerprint density at radius 2 is 1.36 bits per heavy atom. The number of carbonyl (C=O) groups excluding carboxylic acids is 1. The van der Waals surface area contributed by atoms with Crippen LogP contribution in [0.3, 0.4) is 0 Å². The monoisotopic (exact) mass is 513 g/mol. The number of hydrogen-bond donors (Lipinski definition) is 0. The van der Waals surface area contributed by atoms with Crippen molar-refractivity contribution >= 4 is 40.1 Å². The van der Waals surface area contributed by atoms with Crippen molar-refractivity contribution in [1.29, 1.82) is 0 Å². The number of aromatic nitrogens is 1. The van der Waals surface area contributed by atoms with E-state index in [0.717, 1.165) is 22.4 Å². The van der Waals surface area contributed by atoms with Crippen molar-refractivity contribution in [1.82, 2.24) is 4.98 Å². The van der Waals surface area contributed by atoms with Crippen molar-refractivity contribution in [2.45, 2.75) is 6.10 Å². The lowest BCUT2D eigenvalue weighted by Gasteiger charge is -2.20. The second-order valence-electron chi connectivity index (χ2n) is 8.19. The topological polar surface area (TPSA) is 48.4 Å². The Morgan fingerprint density at radius 3 is 1.94 bits per heavy atom. The number of para-hydroxylation sites is 1. The van der Waals surface area contributed by atoms with Crippen LogP contribution in [0.2, 0.25) is 10.0 Å². The third-order valence-electron chi connectivity index (χ3n) is 5.89. The Morgan fingerprint density at radius 1 is 0.778 bits per heavy atom. The van der Waals surface area contributed by atoms with Crippen LogP contribution in [-0.4, -0.2) is 18.1 Å². The van der Waals surface area contributed by atoms with E-state index in [1.165, 1.54) is 0 Å². The van der Waals surface area contributed by atoms with Gasteiger partial charge in [0.25, 0.3) is 0 Å². The number of nitrogens with zero attached hydrogens (tertiary/aromatic N) is 1. The minimum atomic E-state index is -0.650. The van der Waals surface area contributed by atoms with Gasteiger partial charge >= 0.3 is 5.97 Å². The Labute approximate surface area is 219 Å². The molecule has 0 N–H and O–H groups in total. The van der Waals surface area contributed by atoms with E-state index in [1.807, 2.05) is 72.8 Å². The number of halogens is 2. The van der Waals surface area contributed by atoms with Crippen LogP contribution in [0.4, 0.5) is 0 Å². The highest BCUT2D eigenvalue weighted by molar-refractivity contribution is 6.30. The van der Waals surface area contributed by atoms with E-state index in [4.69, 9.17) is 37.7 Å². The second-order valence-corrected chi connectivity index (χ2v) is 9.06. The van der Waals surface area contributed by atoms with Gasteiger partial charge in [0.2, 0.25) is 0 Å². The van der Waals surface area contributed by atoms with Crippen LogP contribution in [0.1, 0.15) is 27.6 Å². The van der Waals surface area contributed by atoms with Gasteiger partial charge in [-0.05, 0) is 71.8 Å². The average Bonchev–Trinajstić information content (AvgIpc) is 2.92. The van der Waals surface area contributed by atoms with Crippen molar-refractivity contribution in [3.8, 4) is 17.0 Å². The lowest BCUT2D eigenvalue weighted by molar-refractivity contribution is 0.0380. The molecule has 1 aromatic heterocycles. The molecular weight excluding hydrogens is 493 g/mol. The number of rotatable bonds is 6. The van der Waals surface area contributed by atoms with Crippen LogP contribution in [0, 0.1) is 0 Å². The lowest BCUT2D eigenvalue weighted by atomic mass is 10.0. The van der Waals surface area contributed by atoms with Crippen molar-refractivity contribution in [2.24, 2.45) is 0 Å². The lowest BCUT2D eigenvalue weighted by Crippen LogP contribution is -2.14. The zero-order valence-electron chi connectivity index (χ0n) is 19.3. The van der Waals surface area contributed by atoms with Gasteiger partial charge in [-0.2, -0.15) is 0 Å². The van der Waals surface area contributed by atoms with Crippen LogP contribution in [0.25, 0.3) is 22.2 Å². The molecule has 0 atom stereocenters. The largest absolute Gasteiger partial charge is 0.497 e. The summed E-state index contributed by atoms with van der Waals surface area (Å²) in [5, 5.41) is 1.92. The van der Waals surface area contributed by atoms with E-state index in [9.17, 15) is 4.79 Å². The maximum Gasteiger partial charge on any atom is 0.339 e. The predicted molar refractivity (Wildman–Crippen MR) is 144 cm³/mol. The molecule has 0 amide bonds. The standard InChI is InChI=1S/C30H21Cl2NO3/c1-35-24-16-10-19(11-17-24)28-18-26(25-4-2-3-5-27(25)33-28)30(34)36-29(20-6-12-22(31)13-7-20)21-8-14-23(32)15-9-21/h2-18,29H,1H3. The van der Waals surface area contributed by atoms with E-state index in [0.29, 0.717) is 32.2 Å². The van der Waals surface area contributed by atoms with Gasteiger partial charge < -0.3 is 9.47 Å². The molecule has 0 spiro atoms. The number of hydrogen-bond acceptors (Lipinski definition) is 4. The fraction of sp³-hybridized carbons (Fsp3) is 0.0667. The third-order valence-corrected chi connectivity index (χ3v) is 6.40. The molecule has 0 fully saturated rings. The van der Waals surface area contributed by atoms with Gasteiger partial charge in [0.1, 0.15) is 5.75 Å². The van der Waals surface area contributed by atoms with Gasteiger partial charge in [0.05, 0.1) is 23.9 Å². The minimum absolute atomic E-state index is 0.430. The molecule has 0 saturated carbocycles. The summed E-state index contributed by atoms with van der Waals surface area (Å²) in [4.78, 5) is 18.5. The number of methoxy groups -OCH3 is 1. The fourth-order valence-corrected chi connectivity index (χ4v) is 4.28. The summed E-state index contributed by atoms with van der Waals surface area (Å²) < 4.78 is 11.4. The van der Waals surface area contributed by atoms with Crippen molar-refractivity contribution < 1.29 is 14.3 Å². The zero-order valence-corrected chi connectivity index (χ0v) is 20.8. The molecule has 178 valence electrons. The first-order valence-corrected chi connectivity index (χ1v) is 12.0. The first-order valence-electron chi connectivity index (χ1n) is 11.3. The van der Waals surface area contributed by atoms with E-state index in [1.54, 1.807) is 37.4 Å². The van der Waals surface area contributed by atoms with Crippen LogP contribution in [0.15, 0.2) is 103 Å². The first kappa shape index (κ1) is 23.9. The second kappa shape index (κ2) is 10.4. The molecule has 0 saturated heterocycles. The predicted octanol–water partition coefficient (Wildman–Crippen LogP) is 8.16. The molecule has 6 heteroatoms. The van der Waals surface area contributed by atoms with Crippen LogP contribution in [0.5, 0.6) is 5.75 Å². The Hall–Kier alpha value is -3.86. The number of esters is 1. The van der Waals surface area contributed by atoms with E-state index in [-0.39, 0.29) is 0 Å². The van der Waals surface area contributed by atoms with Crippen LogP contribution >= 0.6 is 23.2 Å². The molecule has 4 aromatic carbocycles. The van der Waals surface area contributed by atoms with E-state index < -0.39 is 12.1 Å². The molecule has 0 radical (unpaired) electrons. The molecule has 5 aromatic rings. The molecule has 0 aliphatic rings. The summed E-state index contributed by atoms with van der Waals surface area (Å²) in [7, 11) is 1.62. The van der Waals surface area contributed by atoms with Crippen LogP contribution < -0.4 is 4.74 Å². The molecule has 0 unspecified atom stereocenters. The highest BCUT2D eigenvalue weighted by Gasteiger charge is 2.23. The van der Waals surface area contributed by atoms with Gasteiger partial charge in [-0.1, -0.05) is 65.7 Å². The van der Waals surface area contributed by atoms with Crippen molar-refractivity contribution in [3.63, 3.8) is 0 Å². The summed E-state index contributed by atoms with van der Waals surface area (Å²) in [5.74, 6) is 0.284. The van der Waals surface area contributed by atoms with E-state index in [2.05, 4.69) is 0 Å². The van der Waals surface area contributed by atoms with Gasteiger partial charge in [-0.15, -0.1) is 0 Å². The van der Waals surface area contributed by atoms with Gasteiger partial charge in [-0.25, -0.2) is 9.78 Å². The summed E-state index contributed by atoms with van der Waals surface area (Å²) in [6.45, 7) is 0. The molecule has 0 aliphatic heterocycles. The van der Waals surface area contributed by atoms with Gasteiger partial charge in [0, 0.05) is 21.0 Å². The highest BCUT2D eigenvalue weighted by Crippen LogP contribution is 2.32. The quantitative estimate of drug-likeness (QED) is 0.215. The molecule has 1 heterocycles. The number of pyridine rings is 1. The minimum Gasteiger partial charge on any atom is -0.497 e.